The van der Waals surface area contributed by atoms with Crippen LogP contribution in [0.5, 0.6) is 0 Å². The average molecular weight is 526 g/mol. The summed E-state index contributed by atoms with van der Waals surface area (Å²) in [5.41, 5.74) is 6.68. The number of nitrogens with one attached hydrogen (secondary N) is 2. The van der Waals surface area contributed by atoms with E-state index >= 15 is 0 Å². The molecule has 0 radical (unpaired) electrons. The van der Waals surface area contributed by atoms with Crippen LogP contribution in [0.15, 0.2) is 79.0 Å². The van der Waals surface area contributed by atoms with Gasteiger partial charge in [-0.1, -0.05) is 6.07 Å². The van der Waals surface area contributed by atoms with Crippen LogP contribution in [0.4, 0.5) is 11.4 Å². The van der Waals surface area contributed by atoms with Crippen molar-refractivity contribution in [1.29, 1.82) is 0 Å². The molecule has 0 spiro atoms. The van der Waals surface area contributed by atoms with Gasteiger partial charge in [-0.05, 0) is 98.4 Å². The van der Waals surface area contributed by atoms with Gasteiger partial charge in [0.25, 0.3) is 0 Å². The minimum atomic E-state index is -0.956. The van der Waals surface area contributed by atoms with E-state index in [2.05, 4.69) is 38.1 Å². The minimum absolute atomic E-state index is 0.131. The fraction of sp³-hybridized carbons (Fsp3) is 0.172. The predicted molar refractivity (Wildman–Crippen MR) is 151 cm³/mol. The molecule has 2 atom stereocenters. The molecule has 1 amide bonds. The Morgan fingerprint density at radius 3 is 2.29 bits per heavy atom. The Morgan fingerprint density at radius 1 is 1.00 bits per heavy atom. The van der Waals surface area contributed by atoms with E-state index in [0.29, 0.717) is 10.8 Å². The number of carboxylic acid groups (broad SMARTS) is 1. The molecule has 8 nitrogen and oxygen atoms in total. The lowest BCUT2D eigenvalue weighted by molar-refractivity contribution is -0.114. The van der Waals surface area contributed by atoms with E-state index in [9.17, 15) is 14.7 Å². The Balaban J connectivity index is 1.61. The van der Waals surface area contributed by atoms with E-state index in [4.69, 9.17) is 12.2 Å². The van der Waals surface area contributed by atoms with Gasteiger partial charge in [-0.25, -0.2) is 4.79 Å². The number of nitrogens with zero attached hydrogens (tertiary/aromatic N) is 3. The van der Waals surface area contributed by atoms with E-state index in [0.717, 1.165) is 34.0 Å². The van der Waals surface area contributed by atoms with Gasteiger partial charge in [0, 0.05) is 41.6 Å². The van der Waals surface area contributed by atoms with Gasteiger partial charge in [0.2, 0.25) is 5.91 Å². The SMILES string of the molecule is CC(=O)Nc1ccc(N2C(=S)N[C@H](c3ccccn3)[C@H]2c2cc(C)n(-c3ccc(C(=O)O)cc3)c2C)cc1. The van der Waals surface area contributed by atoms with E-state index in [1.165, 1.54) is 6.92 Å². The van der Waals surface area contributed by atoms with Gasteiger partial charge in [0.1, 0.15) is 0 Å². The molecule has 1 saturated heterocycles. The Morgan fingerprint density at radius 2 is 1.68 bits per heavy atom. The third-order valence-electron chi connectivity index (χ3n) is 6.73. The molecule has 9 heteroatoms. The summed E-state index contributed by atoms with van der Waals surface area (Å²) in [5.74, 6) is -1.09. The van der Waals surface area contributed by atoms with Crippen molar-refractivity contribution in [3.8, 4) is 5.69 Å². The average Bonchev–Trinajstić information content (AvgIpc) is 3.39. The first kappa shape index (κ1) is 25.2. The first-order chi connectivity index (χ1) is 18.2. The van der Waals surface area contributed by atoms with Crippen molar-refractivity contribution >= 4 is 40.6 Å². The molecule has 0 saturated carbocycles. The number of amides is 1. The van der Waals surface area contributed by atoms with Crippen LogP contribution in [-0.2, 0) is 4.79 Å². The van der Waals surface area contributed by atoms with Crippen molar-refractivity contribution in [2.45, 2.75) is 32.9 Å². The predicted octanol–water partition coefficient (Wildman–Crippen LogP) is 5.32. The number of carbonyl (C=O) groups is 2. The highest BCUT2D eigenvalue weighted by molar-refractivity contribution is 7.80. The molecule has 2 aromatic carbocycles. The highest BCUT2D eigenvalue weighted by Crippen LogP contribution is 2.43. The zero-order valence-electron chi connectivity index (χ0n) is 21.2. The maximum Gasteiger partial charge on any atom is 0.335 e. The van der Waals surface area contributed by atoms with Gasteiger partial charge in [-0.2, -0.15) is 0 Å². The first-order valence-corrected chi connectivity index (χ1v) is 12.6. The molecule has 38 heavy (non-hydrogen) atoms. The molecule has 3 heterocycles. The van der Waals surface area contributed by atoms with Crippen molar-refractivity contribution in [2.24, 2.45) is 0 Å². The Kier molecular flexibility index (Phi) is 6.69. The summed E-state index contributed by atoms with van der Waals surface area (Å²) < 4.78 is 2.12. The van der Waals surface area contributed by atoms with Crippen LogP contribution in [0.1, 0.15) is 52.0 Å². The molecule has 4 aromatic rings. The molecule has 3 N–H and O–H groups in total. The molecule has 192 valence electrons. The maximum atomic E-state index is 11.5. The van der Waals surface area contributed by atoms with Gasteiger partial charge in [-0.15, -0.1) is 0 Å². The molecular formula is C29H27N5O3S. The van der Waals surface area contributed by atoms with E-state index in [1.54, 1.807) is 18.3 Å². The monoisotopic (exact) mass is 525 g/mol. The summed E-state index contributed by atoms with van der Waals surface area (Å²) >= 11 is 5.85. The second kappa shape index (κ2) is 10.1. The quantitative estimate of drug-likeness (QED) is 0.293. The number of hydrogen-bond donors (Lipinski definition) is 3. The number of benzene rings is 2. The number of carboxylic acids is 1. The molecule has 0 bridgehead atoms. The fourth-order valence-electron chi connectivity index (χ4n) is 5.10. The maximum absolute atomic E-state index is 11.5. The van der Waals surface area contributed by atoms with Gasteiger partial charge in [0.15, 0.2) is 5.11 Å². The highest BCUT2D eigenvalue weighted by Gasteiger charge is 2.42. The molecule has 5 rings (SSSR count). The summed E-state index contributed by atoms with van der Waals surface area (Å²) in [6.45, 7) is 5.57. The molecule has 1 aliphatic rings. The number of aromatic carboxylic acids is 1. The number of aromatic nitrogens is 2. The zero-order valence-corrected chi connectivity index (χ0v) is 22.0. The number of carbonyl (C=O) groups excluding carboxylic acids is 1. The Labute approximate surface area is 225 Å². The zero-order chi connectivity index (χ0) is 27.0. The summed E-state index contributed by atoms with van der Waals surface area (Å²) in [7, 11) is 0. The summed E-state index contributed by atoms with van der Waals surface area (Å²) in [5, 5.41) is 16.2. The van der Waals surface area contributed by atoms with Crippen LogP contribution in [0.3, 0.4) is 0 Å². The van der Waals surface area contributed by atoms with E-state index in [1.807, 2.05) is 61.5 Å². The molecule has 2 aromatic heterocycles. The van der Waals surface area contributed by atoms with Crippen molar-refractivity contribution in [3.05, 3.63) is 107 Å². The number of thiocarbonyl (C=S) groups is 1. The van der Waals surface area contributed by atoms with Crippen LogP contribution in [0.2, 0.25) is 0 Å². The molecule has 0 aliphatic carbocycles. The van der Waals surface area contributed by atoms with Gasteiger partial charge in [-0.3, -0.25) is 9.78 Å². The van der Waals surface area contributed by atoms with Gasteiger partial charge < -0.3 is 25.2 Å². The summed E-state index contributed by atoms with van der Waals surface area (Å²) in [6.07, 6.45) is 1.77. The lowest BCUT2D eigenvalue weighted by Crippen LogP contribution is -2.29. The highest BCUT2D eigenvalue weighted by atomic mass is 32.1. The normalized spacial score (nSPS) is 16.8. The van der Waals surface area contributed by atoms with E-state index in [-0.39, 0.29) is 23.6 Å². The van der Waals surface area contributed by atoms with Crippen molar-refractivity contribution in [1.82, 2.24) is 14.9 Å². The van der Waals surface area contributed by atoms with E-state index < -0.39 is 5.97 Å². The number of anilines is 2. The Bertz CT molecular complexity index is 1510. The van der Waals surface area contributed by atoms with Crippen molar-refractivity contribution in [3.63, 3.8) is 0 Å². The molecule has 1 aliphatic heterocycles. The second-order valence-corrected chi connectivity index (χ2v) is 9.63. The Hall–Kier alpha value is -4.50. The number of aryl methyl sites for hydroxylation is 1. The number of hydrogen-bond acceptors (Lipinski definition) is 4. The van der Waals surface area contributed by atoms with Crippen LogP contribution >= 0.6 is 12.2 Å². The fourth-order valence-corrected chi connectivity index (χ4v) is 5.44. The lowest BCUT2D eigenvalue weighted by Gasteiger charge is -2.28. The molecule has 1 fully saturated rings. The minimum Gasteiger partial charge on any atom is -0.478 e. The van der Waals surface area contributed by atoms with Gasteiger partial charge in [0.05, 0.1) is 23.3 Å². The summed E-state index contributed by atoms with van der Waals surface area (Å²) in [4.78, 5) is 29.6. The third-order valence-corrected chi connectivity index (χ3v) is 7.04. The summed E-state index contributed by atoms with van der Waals surface area (Å²) in [6, 6.07) is 22.0. The van der Waals surface area contributed by atoms with Crippen molar-refractivity contribution in [2.75, 3.05) is 10.2 Å². The molecular weight excluding hydrogens is 498 g/mol. The van der Waals surface area contributed by atoms with Gasteiger partial charge >= 0.3 is 5.97 Å². The first-order valence-electron chi connectivity index (χ1n) is 12.2. The molecule has 0 unspecified atom stereocenters. The number of pyridine rings is 1. The van der Waals surface area contributed by atoms with Crippen LogP contribution in [0, 0.1) is 13.8 Å². The smallest absolute Gasteiger partial charge is 0.335 e. The topological polar surface area (TPSA) is 99.5 Å². The second-order valence-electron chi connectivity index (χ2n) is 9.24. The van der Waals surface area contributed by atoms with Crippen LogP contribution in [0.25, 0.3) is 5.69 Å². The van der Waals surface area contributed by atoms with Crippen LogP contribution < -0.4 is 15.5 Å². The third kappa shape index (κ3) is 4.64. The largest absolute Gasteiger partial charge is 0.478 e. The van der Waals surface area contributed by atoms with Crippen LogP contribution in [-0.4, -0.2) is 31.6 Å². The van der Waals surface area contributed by atoms with Crippen molar-refractivity contribution < 1.29 is 14.7 Å². The standard InChI is InChI=1S/C29H27N5O3S/c1-17-16-24(18(2)33(17)22-11-7-20(8-12-22)28(36)37)27-26(25-6-4-5-15-30-25)32-29(38)34(27)23-13-9-21(10-14-23)31-19(3)35/h4-16,26-27H,1-3H3,(H,31,35)(H,32,38)(H,36,37)/t26-,27-/m1/s1. The number of rotatable bonds is 6. The lowest BCUT2D eigenvalue weighted by atomic mass is 9.96.